The molecule has 2 amide bonds. The Kier molecular flexibility index (Phi) is 6.23. The smallest absolute Gasteiger partial charge is 0.387 e. The summed E-state index contributed by atoms with van der Waals surface area (Å²) in [6.07, 6.45) is 0.0151. The largest absolute Gasteiger partial charge is 0.432 e. The Hall–Kier alpha value is -3.21. The van der Waals surface area contributed by atoms with Gasteiger partial charge in [0.2, 0.25) is 0 Å². The van der Waals surface area contributed by atoms with Gasteiger partial charge in [0.15, 0.2) is 5.75 Å². The number of benzene rings is 2. The van der Waals surface area contributed by atoms with Crippen molar-refractivity contribution in [1.82, 2.24) is 5.32 Å². The summed E-state index contributed by atoms with van der Waals surface area (Å²) in [5, 5.41) is 13.8. The molecule has 0 saturated heterocycles. The quantitative estimate of drug-likeness (QED) is 0.821. The highest BCUT2D eigenvalue weighted by Gasteiger charge is 2.17. The van der Waals surface area contributed by atoms with E-state index in [1.165, 1.54) is 0 Å². The number of amides is 2. The van der Waals surface area contributed by atoms with Crippen molar-refractivity contribution >= 4 is 11.7 Å². The molecule has 2 rings (SSSR count). The number of hydrogen-bond donors (Lipinski definition) is 2. The lowest BCUT2D eigenvalue weighted by Gasteiger charge is -2.18. The maximum atomic E-state index is 13.2. The van der Waals surface area contributed by atoms with Crippen LogP contribution in [-0.2, 0) is 0 Å². The minimum Gasteiger partial charge on any atom is -0.432 e. The molecule has 0 aliphatic rings. The van der Waals surface area contributed by atoms with Crippen molar-refractivity contribution in [2.75, 3.05) is 5.32 Å². The molecule has 5 nitrogen and oxygen atoms in total. The fourth-order valence-corrected chi connectivity index (χ4v) is 2.14. The average molecular weight is 349 g/mol. The van der Waals surface area contributed by atoms with Crippen LogP contribution >= 0.6 is 0 Å². The van der Waals surface area contributed by atoms with Crippen LogP contribution in [-0.4, -0.2) is 12.6 Å². The van der Waals surface area contributed by atoms with E-state index in [4.69, 9.17) is 5.26 Å². The van der Waals surface area contributed by atoms with Crippen LogP contribution in [0.15, 0.2) is 48.5 Å². The Morgan fingerprint density at radius 2 is 1.92 bits per heavy atom. The van der Waals surface area contributed by atoms with Crippen molar-refractivity contribution in [3.63, 3.8) is 0 Å². The third-order valence-electron chi connectivity index (χ3n) is 3.21. The van der Waals surface area contributed by atoms with Crippen LogP contribution in [0.1, 0.15) is 18.0 Å². The van der Waals surface area contributed by atoms with Gasteiger partial charge in [0.05, 0.1) is 24.2 Å². The normalized spacial score (nSPS) is 11.5. The number of ether oxygens (including phenoxy) is 1. The summed E-state index contributed by atoms with van der Waals surface area (Å²) in [5.41, 5.74) is 0.588. The van der Waals surface area contributed by atoms with Gasteiger partial charge in [-0.3, -0.25) is 0 Å². The Morgan fingerprint density at radius 1 is 1.20 bits per heavy atom. The predicted molar refractivity (Wildman–Crippen MR) is 84.6 cm³/mol. The van der Waals surface area contributed by atoms with E-state index in [9.17, 15) is 18.0 Å². The summed E-state index contributed by atoms with van der Waals surface area (Å²) < 4.78 is 42.2. The topological polar surface area (TPSA) is 74.2 Å². The van der Waals surface area contributed by atoms with Crippen molar-refractivity contribution < 1.29 is 22.7 Å². The van der Waals surface area contributed by atoms with E-state index in [2.05, 4.69) is 15.4 Å². The molecule has 2 aromatic carbocycles. The molecule has 0 spiro atoms. The van der Waals surface area contributed by atoms with Crippen molar-refractivity contribution in [3.05, 3.63) is 59.9 Å². The maximum absolute atomic E-state index is 13.2. The van der Waals surface area contributed by atoms with Gasteiger partial charge >= 0.3 is 12.6 Å². The first-order valence-corrected chi connectivity index (χ1v) is 7.23. The summed E-state index contributed by atoms with van der Waals surface area (Å²) in [4.78, 5) is 12.1. The maximum Gasteiger partial charge on any atom is 0.387 e. The number of alkyl halides is 2. The molecule has 0 saturated carbocycles. The molecule has 0 bridgehead atoms. The number of carbonyl (C=O) groups is 1. The van der Waals surface area contributed by atoms with Gasteiger partial charge in [0, 0.05) is 6.07 Å². The molecule has 0 radical (unpaired) electrons. The molecule has 2 aromatic rings. The van der Waals surface area contributed by atoms with E-state index < -0.39 is 30.3 Å². The molecular formula is C17H14F3N3O2. The minimum absolute atomic E-state index is 0.0151. The molecule has 1 atom stereocenters. The van der Waals surface area contributed by atoms with E-state index in [0.717, 1.165) is 18.2 Å². The lowest BCUT2D eigenvalue weighted by atomic mass is 10.0. The number of halogens is 3. The summed E-state index contributed by atoms with van der Waals surface area (Å²) >= 11 is 0. The summed E-state index contributed by atoms with van der Waals surface area (Å²) in [6.45, 7) is -3.17. The van der Waals surface area contributed by atoms with Gasteiger partial charge in [-0.15, -0.1) is 0 Å². The number of carbonyl (C=O) groups excluding carboxylic acids is 1. The number of anilines is 1. The van der Waals surface area contributed by atoms with E-state index >= 15 is 0 Å². The number of rotatable bonds is 6. The van der Waals surface area contributed by atoms with Crippen LogP contribution in [0.5, 0.6) is 5.75 Å². The molecule has 0 fully saturated rings. The Labute approximate surface area is 142 Å². The number of urea groups is 1. The lowest BCUT2D eigenvalue weighted by molar-refractivity contribution is -0.0495. The van der Waals surface area contributed by atoms with Gasteiger partial charge < -0.3 is 15.4 Å². The average Bonchev–Trinajstić information content (AvgIpc) is 2.57. The molecule has 0 aliphatic heterocycles. The number of hydrogen-bond acceptors (Lipinski definition) is 3. The summed E-state index contributed by atoms with van der Waals surface area (Å²) in [7, 11) is 0. The Balaban J connectivity index is 2.12. The van der Waals surface area contributed by atoms with Crippen LogP contribution in [0.3, 0.4) is 0 Å². The second-order valence-electron chi connectivity index (χ2n) is 4.94. The van der Waals surface area contributed by atoms with Crippen LogP contribution in [0.4, 0.5) is 23.7 Å². The van der Waals surface area contributed by atoms with Gasteiger partial charge in [-0.1, -0.05) is 30.3 Å². The van der Waals surface area contributed by atoms with E-state index in [0.29, 0.717) is 5.56 Å². The highest BCUT2D eigenvalue weighted by Crippen LogP contribution is 2.27. The predicted octanol–water partition coefficient (Wildman–Crippen LogP) is 4.20. The van der Waals surface area contributed by atoms with E-state index in [-0.39, 0.29) is 12.1 Å². The SMILES string of the molecule is N#CC[C@@H](NC(=O)Nc1ccc(F)cc1OC(F)F)c1ccccc1. The molecule has 0 aromatic heterocycles. The number of nitriles is 1. The highest BCUT2D eigenvalue weighted by atomic mass is 19.3. The standard InChI is InChI=1S/C17H14F3N3O2/c18-12-6-7-14(15(10-12)25-16(19)20)23-17(24)22-13(8-9-21)11-4-2-1-3-5-11/h1-7,10,13,16H,8H2,(H2,22,23,24)/t13-/m1/s1. The fraction of sp³-hybridized carbons (Fsp3) is 0.176. The third kappa shape index (κ3) is 5.42. The van der Waals surface area contributed by atoms with Crippen LogP contribution in [0, 0.1) is 17.1 Å². The summed E-state index contributed by atoms with van der Waals surface area (Å²) in [6, 6.07) is 12.3. The van der Waals surface area contributed by atoms with Crippen LogP contribution in [0.25, 0.3) is 0 Å². The van der Waals surface area contributed by atoms with E-state index in [1.54, 1.807) is 30.3 Å². The summed E-state index contributed by atoms with van der Waals surface area (Å²) in [5.74, 6) is -1.28. The van der Waals surface area contributed by atoms with Gasteiger partial charge in [-0.05, 0) is 17.7 Å². The minimum atomic E-state index is -3.17. The first-order chi connectivity index (χ1) is 12.0. The molecule has 0 heterocycles. The van der Waals surface area contributed by atoms with Gasteiger partial charge in [-0.25, -0.2) is 9.18 Å². The number of nitrogens with one attached hydrogen (secondary N) is 2. The zero-order chi connectivity index (χ0) is 18.2. The molecule has 8 heteroatoms. The lowest BCUT2D eigenvalue weighted by Crippen LogP contribution is -2.32. The second kappa shape index (κ2) is 8.59. The van der Waals surface area contributed by atoms with Crippen molar-refractivity contribution in [1.29, 1.82) is 5.26 Å². The first kappa shape index (κ1) is 18.1. The third-order valence-corrected chi connectivity index (χ3v) is 3.21. The fourth-order valence-electron chi connectivity index (χ4n) is 2.14. The molecule has 25 heavy (non-hydrogen) atoms. The zero-order valence-corrected chi connectivity index (χ0v) is 12.9. The van der Waals surface area contributed by atoms with E-state index in [1.807, 2.05) is 6.07 Å². The van der Waals surface area contributed by atoms with Gasteiger partial charge in [0.1, 0.15) is 5.82 Å². The van der Waals surface area contributed by atoms with Crippen molar-refractivity contribution in [3.8, 4) is 11.8 Å². The highest BCUT2D eigenvalue weighted by molar-refractivity contribution is 5.91. The van der Waals surface area contributed by atoms with Crippen molar-refractivity contribution in [2.24, 2.45) is 0 Å². The van der Waals surface area contributed by atoms with Crippen LogP contribution < -0.4 is 15.4 Å². The molecule has 0 unspecified atom stereocenters. The number of nitrogens with zero attached hydrogens (tertiary/aromatic N) is 1. The monoisotopic (exact) mass is 349 g/mol. The molecule has 2 N–H and O–H groups in total. The Bertz CT molecular complexity index is 763. The molecular weight excluding hydrogens is 335 g/mol. The van der Waals surface area contributed by atoms with Crippen LogP contribution in [0.2, 0.25) is 0 Å². The van der Waals surface area contributed by atoms with Gasteiger partial charge in [-0.2, -0.15) is 14.0 Å². The molecule has 0 aliphatic carbocycles. The Morgan fingerprint density at radius 3 is 2.56 bits per heavy atom. The molecule has 130 valence electrons. The first-order valence-electron chi connectivity index (χ1n) is 7.23. The van der Waals surface area contributed by atoms with Gasteiger partial charge in [0.25, 0.3) is 0 Å². The van der Waals surface area contributed by atoms with Crippen molar-refractivity contribution in [2.45, 2.75) is 19.1 Å². The zero-order valence-electron chi connectivity index (χ0n) is 12.9. The second-order valence-corrected chi connectivity index (χ2v) is 4.94.